The number of aliphatic hydroxyl groups excluding tert-OH is 1. The Kier molecular flexibility index (Phi) is 6.79. The predicted octanol–water partition coefficient (Wildman–Crippen LogP) is 3.42. The molecule has 0 radical (unpaired) electrons. The molecule has 0 aliphatic heterocycles. The van der Waals surface area contributed by atoms with Crippen LogP contribution in [-0.2, 0) is 9.05 Å². The smallest absolute Gasteiger partial charge is 0.182 e. The summed E-state index contributed by atoms with van der Waals surface area (Å²) in [5.74, 6) is 0. The second-order valence-corrected chi connectivity index (χ2v) is 5.79. The molecule has 0 fully saturated rings. The van der Waals surface area contributed by atoms with Gasteiger partial charge in [-0.1, -0.05) is 0 Å². The van der Waals surface area contributed by atoms with Crippen molar-refractivity contribution in [3.8, 4) is 0 Å². The maximum Gasteiger partial charge on any atom is 0.182 e. The molecule has 1 N–H and O–H groups in total. The Balaban J connectivity index is 4.30. The molecule has 0 aliphatic rings. The summed E-state index contributed by atoms with van der Waals surface area (Å²) in [6.07, 6.45) is 0.160. The van der Waals surface area contributed by atoms with Crippen molar-refractivity contribution in [3.63, 3.8) is 0 Å². The Bertz CT molecular complexity index is 175. The monoisotopic (exact) mass is 238 g/mol. The first-order valence-electron chi connectivity index (χ1n) is 4.70. The fraction of sp³-hybridized carbons (Fsp3) is 0.889. The minimum atomic E-state index is -1.13. The number of hydrogen-bond donors (Lipinski definition) is 1. The molecule has 0 rings (SSSR count). The topological polar surface area (TPSA) is 38.7 Å². The Hall–Kier alpha value is 0.240. The van der Waals surface area contributed by atoms with E-state index in [9.17, 15) is 5.11 Å². The molecule has 84 valence electrons. The largest absolute Gasteiger partial charge is 0.501 e. The molecule has 3 nitrogen and oxygen atoms in total. The van der Waals surface area contributed by atoms with E-state index >= 15 is 0 Å². The summed E-state index contributed by atoms with van der Waals surface area (Å²) in [4.78, 5) is 0. The third kappa shape index (κ3) is 5.86. The number of thiocarbonyl (C=S) groups is 1. The SMILES string of the molecule is CC(C)OP(OC(C)C)C(C)C(O)=S. The molecule has 0 aromatic carbocycles. The first-order chi connectivity index (χ1) is 6.34. The molecule has 0 aromatic heterocycles. The maximum absolute atomic E-state index is 9.20. The van der Waals surface area contributed by atoms with Crippen molar-refractivity contribution in [2.24, 2.45) is 0 Å². The van der Waals surface area contributed by atoms with Crippen LogP contribution in [0.4, 0.5) is 0 Å². The Labute approximate surface area is 92.7 Å². The van der Waals surface area contributed by atoms with Crippen LogP contribution in [0.2, 0.25) is 0 Å². The van der Waals surface area contributed by atoms with Gasteiger partial charge in [0.2, 0.25) is 0 Å². The number of hydrogen-bond acceptors (Lipinski definition) is 3. The lowest BCUT2D eigenvalue weighted by Crippen LogP contribution is -2.18. The van der Waals surface area contributed by atoms with Gasteiger partial charge in [-0.3, -0.25) is 0 Å². The van der Waals surface area contributed by atoms with Crippen molar-refractivity contribution in [3.05, 3.63) is 0 Å². The van der Waals surface area contributed by atoms with E-state index in [1.54, 1.807) is 0 Å². The summed E-state index contributed by atoms with van der Waals surface area (Å²) in [6.45, 7) is 9.56. The summed E-state index contributed by atoms with van der Waals surface area (Å²) in [7, 11) is -1.13. The van der Waals surface area contributed by atoms with Crippen molar-refractivity contribution in [2.75, 3.05) is 0 Å². The fourth-order valence-corrected chi connectivity index (χ4v) is 2.40. The van der Waals surface area contributed by atoms with Crippen LogP contribution in [0.5, 0.6) is 0 Å². The molecule has 0 saturated heterocycles. The molecule has 14 heavy (non-hydrogen) atoms. The number of aliphatic hydroxyl groups is 1. The summed E-state index contributed by atoms with van der Waals surface area (Å²) in [5.41, 5.74) is -0.218. The molecule has 0 aromatic rings. The quantitative estimate of drug-likeness (QED) is 0.568. The van der Waals surface area contributed by atoms with Gasteiger partial charge in [0.25, 0.3) is 0 Å². The van der Waals surface area contributed by atoms with Gasteiger partial charge in [0.05, 0.1) is 17.9 Å². The van der Waals surface area contributed by atoms with Gasteiger partial charge in [-0.05, 0) is 46.8 Å². The van der Waals surface area contributed by atoms with E-state index in [1.165, 1.54) is 0 Å². The van der Waals surface area contributed by atoms with Crippen molar-refractivity contribution >= 4 is 25.6 Å². The summed E-state index contributed by atoms with van der Waals surface area (Å²) in [5, 5.41) is 9.16. The average Bonchev–Trinajstić information content (AvgIpc) is 1.99. The molecule has 0 aliphatic carbocycles. The van der Waals surface area contributed by atoms with Crippen LogP contribution in [0, 0.1) is 0 Å². The van der Waals surface area contributed by atoms with Crippen LogP contribution in [0.1, 0.15) is 34.6 Å². The van der Waals surface area contributed by atoms with Crippen LogP contribution >= 0.6 is 20.6 Å². The Morgan fingerprint density at radius 1 is 1.07 bits per heavy atom. The molecule has 1 atom stereocenters. The highest BCUT2D eigenvalue weighted by atomic mass is 32.1. The van der Waals surface area contributed by atoms with Crippen LogP contribution in [0.15, 0.2) is 0 Å². The molecule has 0 amide bonds. The van der Waals surface area contributed by atoms with Crippen LogP contribution in [-0.4, -0.2) is 28.0 Å². The minimum Gasteiger partial charge on any atom is -0.501 e. The number of rotatable bonds is 6. The van der Waals surface area contributed by atoms with Crippen molar-refractivity contribution < 1.29 is 14.2 Å². The molecule has 1 unspecified atom stereocenters. The lowest BCUT2D eigenvalue weighted by atomic mass is 10.5. The van der Waals surface area contributed by atoms with E-state index in [2.05, 4.69) is 0 Å². The zero-order valence-corrected chi connectivity index (χ0v) is 11.1. The molecule has 0 spiro atoms. The second kappa shape index (κ2) is 6.67. The molecular formula is C9H19O3PS. The lowest BCUT2D eigenvalue weighted by Gasteiger charge is -2.25. The maximum atomic E-state index is 9.20. The Morgan fingerprint density at radius 2 is 1.43 bits per heavy atom. The van der Waals surface area contributed by atoms with Gasteiger partial charge in [0.1, 0.15) is 0 Å². The highest BCUT2D eigenvalue weighted by molar-refractivity contribution is 7.81. The van der Waals surface area contributed by atoms with Gasteiger partial charge >= 0.3 is 0 Å². The highest BCUT2D eigenvalue weighted by Crippen LogP contribution is 2.46. The predicted molar refractivity (Wildman–Crippen MR) is 64.1 cm³/mol. The van der Waals surface area contributed by atoms with E-state index in [0.29, 0.717) is 0 Å². The fourth-order valence-electron chi connectivity index (χ4n) is 0.713. The van der Waals surface area contributed by atoms with E-state index in [0.717, 1.165) is 0 Å². The minimum absolute atomic E-state index is 0.0441. The molecular weight excluding hydrogens is 219 g/mol. The van der Waals surface area contributed by atoms with Gasteiger partial charge in [-0.15, -0.1) is 0 Å². The van der Waals surface area contributed by atoms with Gasteiger partial charge in [-0.2, -0.15) is 0 Å². The van der Waals surface area contributed by atoms with Crippen molar-refractivity contribution in [2.45, 2.75) is 52.5 Å². The lowest BCUT2D eigenvalue weighted by molar-refractivity contribution is 0.175. The third-order valence-corrected chi connectivity index (χ3v) is 3.97. The first-order valence-corrected chi connectivity index (χ1v) is 6.35. The second-order valence-electron chi connectivity index (χ2n) is 3.61. The third-order valence-electron chi connectivity index (χ3n) is 1.30. The average molecular weight is 238 g/mol. The van der Waals surface area contributed by atoms with Crippen LogP contribution in [0.25, 0.3) is 0 Å². The summed E-state index contributed by atoms with van der Waals surface area (Å²) < 4.78 is 11.2. The standard InChI is InChI=1S/C9H19O3PS/c1-6(2)11-13(12-7(3)4)8(5)9(10)14/h6-8H,1-5H3,(H,10,14). The normalized spacial score (nSPS) is 14.0. The van der Waals surface area contributed by atoms with Crippen molar-refractivity contribution in [1.29, 1.82) is 0 Å². The molecule has 5 heteroatoms. The van der Waals surface area contributed by atoms with E-state index in [4.69, 9.17) is 21.3 Å². The zero-order valence-electron chi connectivity index (χ0n) is 9.35. The molecule has 0 saturated carbocycles. The van der Waals surface area contributed by atoms with E-state index in [1.807, 2.05) is 34.6 Å². The van der Waals surface area contributed by atoms with Gasteiger partial charge in [0.15, 0.2) is 13.4 Å². The van der Waals surface area contributed by atoms with Crippen molar-refractivity contribution in [1.82, 2.24) is 0 Å². The Morgan fingerprint density at radius 3 is 1.64 bits per heavy atom. The summed E-state index contributed by atoms with van der Waals surface area (Å²) in [6, 6.07) is 0. The van der Waals surface area contributed by atoms with E-state index < -0.39 is 8.38 Å². The summed E-state index contributed by atoms with van der Waals surface area (Å²) >= 11 is 4.71. The van der Waals surface area contributed by atoms with E-state index in [-0.39, 0.29) is 22.9 Å². The highest BCUT2D eigenvalue weighted by Gasteiger charge is 2.25. The van der Waals surface area contributed by atoms with Gasteiger partial charge in [0, 0.05) is 0 Å². The van der Waals surface area contributed by atoms with Gasteiger partial charge < -0.3 is 14.2 Å². The van der Waals surface area contributed by atoms with Gasteiger partial charge in [-0.25, -0.2) is 0 Å². The zero-order chi connectivity index (χ0) is 11.3. The first kappa shape index (κ1) is 14.2. The molecule has 0 heterocycles. The van der Waals surface area contributed by atoms with Crippen LogP contribution in [0.3, 0.4) is 0 Å². The van der Waals surface area contributed by atoms with Crippen LogP contribution < -0.4 is 0 Å². The molecule has 0 bridgehead atoms.